The van der Waals surface area contributed by atoms with Crippen molar-refractivity contribution in [1.29, 1.82) is 0 Å². The molecule has 0 unspecified atom stereocenters. The van der Waals surface area contributed by atoms with Crippen LogP contribution < -0.4 is 0 Å². The van der Waals surface area contributed by atoms with Gasteiger partial charge in [0.2, 0.25) is 0 Å². The molecule has 0 saturated carbocycles. The van der Waals surface area contributed by atoms with Crippen molar-refractivity contribution < 1.29 is 0 Å². The van der Waals surface area contributed by atoms with E-state index in [1.807, 2.05) is 36.8 Å². The summed E-state index contributed by atoms with van der Waals surface area (Å²) in [4.78, 5) is 18.5. The average molecular weight is 438 g/mol. The lowest BCUT2D eigenvalue weighted by atomic mass is 10.2. The summed E-state index contributed by atoms with van der Waals surface area (Å²) in [5.41, 5.74) is 4.60. The Kier molecular flexibility index (Phi) is 8.68. The van der Waals surface area contributed by atoms with E-state index < -0.39 is 0 Å². The summed E-state index contributed by atoms with van der Waals surface area (Å²) >= 11 is 0. The highest BCUT2D eigenvalue weighted by atomic mass is 15.2. The predicted molar refractivity (Wildman–Crippen MR) is 132 cm³/mol. The van der Waals surface area contributed by atoms with Gasteiger partial charge in [0, 0.05) is 57.9 Å². The highest BCUT2D eigenvalue weighted by Crippen LogP contribution is 2.12. The zero-order valence-electron chi connectivity index (χ0n) is 19.0. The Balaban J connectivity index is 1.40. The molecule has 4 aromatic rings. The molecule has 0 N–H and O–H groups in total. The topological polar surface area (TPSA) is 45.2 Å². The monoisotopic (exact) mass is 437 g/mol. The van der Waals surface area contributed by atoms with Crippen LogP contribution in [-0.2, 0) is 26.2 Å². The van der Waals surface area contributed by atoms with Gasteiger partial charge in [0.15, 0.2) is 0 Å². The van der Waals surface area contributed by atoms with Crippen molar-refractivity contribution in [3.8, 4) is 0 Å². The van der Waals surface area contributed by atoms with Crippen molar-refractivity contribution in [2.24, 2.45) is 0 Å². The van der Waals surface area contributed by atoms with Crippen LogP contribution in [-0.4, -0.2) is 37.8 Å². The van der Waals surface area contributed by atoms with Gasteiger partial charge in [-0.1, -0.05) is 48.5 Å². The van der Waals surface area contributed by atoms with Gasteiger partial charge in [0.1, 0.15) is 0 Å². The van der Waals surface area contributed by atoms with Gasteiger partial charge in [-0.15, -0.1) is 0 Å². The lowest BCUT2D eigenvalue weighted by Gasteiger charge is -2.25. The second-order valence-electron chi connectivity index (χ2n) is 8.22. The summed E-state index contributed by atoms with van der Waals surface area (Å²) < 4.78 is 0. The van der Waals surface area contributed by atoms with Gasteiger partial charge in [-0.05, 0) is 48.4 Å². The second kappa shape index (κ2) is 12.6. The number of nitrogens with zero attached hydrogens (tertiary/aromatic N) is 5. The van der Waals surface area contributed by atoms with Crippen molar-refractivity contribution >= 4 is 0 Å². The van der Waals surface area contributed by atoms with E-state index in [0.29, 0.717) is 0 Å². The Morgan fingerprint density at radius 3 is 1.30 bits per heavy atom. The first kappa shape index (κ1) is 22.8. The summed E-state index contributed by atoms with van der Waals surface area (Å²) in [5.74, 6) is 0. The lowest BCUT2D eigenvalue weighted by Crippen LogP contribution is -2.30. The van der Waals surface area contributed by atoms with Crippen molar-refractivity contribution in [2.75, 3.05) is 13.1 Å². The SMILES string of the molecule is c1ccc(CN(CCCN(Cc2ccccn2)Cc2ccccn2)Cc2ccccn2)cc1. The molecule has 0 bridgehead atoms. The molecule has 5 heteroatoms. The molecule has 0 radical (unpaired) electrons. The van der Waals surface area contributed by atoms with E-state index in [9.17, 15) is 0 Å². The van der Waals surface area contributed by atoms with Crippen LogP contribution in [0.2, 0.25) is 0 Å². The van der Waals surface area contributed by atoms with E-state index in [1.54, 1.807) is 0 Å². The normalized spacial score (nSPS) is 11.2. The molecule has 0 aliphatic heterocycles. The Labute approximate surface area is 196 Å². The largest absolute Gasteiger partial charge is 0.293 e. The zero-order chi connectivity index (χ0) is 22.6. The van der Waals surface area contributed by atoms with E-state index in [4.69, 9.17) is 0 Å². The van der Waals surface area contributed by atoms with E-state index in [0.717, 1.165) is 62.8 Å². The molecule has 168 valence electrons. The molecule has 5 nitrogen and oxygen atoms in total. The molecule has 4 rings (SSSR count). The van der Waals surface area contributed by atoms with Gasteiger partial charge in [0.25, 0.3) is 0 Å². The highest BCUT2D eigenvalue weighted by Gasteiger charge is 2.12. The first-order chi connectivity index (χ1) is 16.3. The van der Waals surface area contributed by atoms with Crippen LogP contribution >= 0.6 is 0 Å². The summed E-state index contributed by atoms with van der Waals surface area (Å²) in [6.45, 7) is 5.36. The fourth-order valence-corrected chi connectivity index (χ4v) is 3.95. The summed E-state index contributed by atoms with van der Waals surface area (Å²) in [6, 6.07) is 29.0. The summed E-state index contributed by atoms with van der Waals surface area (Å²) in [5, 5.41) is 0. The first-order valence-corrected chi connectivity index (χ1v) is 11.5. The maximum absolute atomic E-state index is 4.55. The first-order valence-electron chi connectivity index (χ1n) is 11.5. The smallest absolute Gasteiger partial charge is 0.0544 e. The van der Waals surface area contributed by atoms with E-state index in [-0.39, 0.29) is 0 Å². The Morgan fingerprint density at radius 2 is 0.879 bits per heavy atom. The molecule has 3 heterocycles. The predicted octanol–water partition coefficient (Wildman–Crippen LogP) is 4.97. The number of benzene rings is 1. The van der Waals surface area contributed by atoms with Crippen LogP contribution in [0.25, 0.3) is 0 Å². The molecular formula is C28H31N5. The van der Waals surface area contributed by atoms with Crippen LogP contribution in [0.3, 0.4) is 0 Å². The minimum Gasteiger partial charge on any atom is -0.293 e. The fraction of sp³-hybridized carbons (Fsp3) is 0.250. The average Bonchev–Trinajstić information content (AvgIpc) is 2.86. The number of hydrogen-bond acceptors (Lipinski definition) is 5. The van der Waals surface area contributed by atoms with Crippen molar-refractivity contribution in [3.63, 3.8) is 0 Å². The van der Waals surface area contributed by atoms with Crippen molar-refractivity contribution in [2.45, 2.75) is 32.6 Å². The number of pyridine rings is 3. The fourth-order valence-electron chi connectivity index (χ4n) is 3.95. The molecule has 0 fully saturated rings. The molecule has 3 aromatic heterocycles. The van der Waals surface area contributed by atoms with Gasteiger partial charge in [0.05, 0.1) is 17.1 Å². The van der Waals surface area contributed by atoms with Gasteiger partial charge < -0.3 is 0 Å². The molecule has 1 aromatic carbocycles. The summed E-state index contributed by atoms with van der Waals surface area (Å²) in [6.07, 6.45) is 6.66. The molecule has 0 amide bonds. The maximum atomic E-state index is 4.55. The van der Waals surface area contributed by atoms with Crippen LogP contribution in [0, 0.1) is 0 Å². The van der Waals surface area contributed by atoms with Gasteiger partial charge in [-0.2, -0.15) is 0 Å². The maximum Gasteiger partial charge on any atom is 0.0544 e. The molecule has 0 saturated heterocycles. The number of hydrogen-bond donors (Lipinski definition) is 0. The van der Waals surface area contributed by atoms with E-state index in [2.05, 4.69) is 91.5 Å². The minimum atomic E-state index is 0.816. The Hall–Kier alpha value is -3.41. The van der Waals surface area contributed by atoms with E-state index >= 15 is 0 Å². The van der Waals surface area contributed by atoms with Crippen molar-refractivity contribution in [1.82, 2.24) is 24.8 Å². The Bertz CT molecular complexity index is 873. The third kappa shape index (κ3) is 7.90. The van der Waals surface area contributed by atoms with Crippen LogP contribution in [0.4, 0.5) is 0 Å². The molecular weight excluding hydrogens is 406 g/mol. The van der Waals surface area contributed by atoms with Crippen LogP contribution in [0.5, 0.6) is 0 Å². The van der Waals surface area contributed by atoms with E-state index in [1.165, 1.54) is 5.56 Å². The molecule has 0 aliphatic carbocycles. The standard InChI is InChI=1S/C28H31N5/c1-2-11-25(12-3-1)21-32(22-26-13-4-7-16-29-26)19-10-20-33(23-27-14-5-8-17-30-27)24-28-15-6-9-18-31-28/h1-9,11-18H,10,19-24H2. The van der Waals surface area contributed by atoms with Crippen molar-refractivity contribution in [3.05, 3.63) is 126 Å². The minimum absolute atomic E-state index is 0.816. The zero-order valence-corrected chi connectivity index (χ0v) is 19.0. The second-order valence-corrected chi connectivity index (χ2v) is 8.22. The quantitative estimate of drug-likeness (QED) is 0.313. The van der Waals surface area contributed by atoms with Crippen LogP contribution in [0.1, 0.15) is 29.1 Å². The molecule has 0 spiro atoms. The van der Waals surface area contributed by atoms with Crippen LogP contribution in [0.15, 0.2) is 104 Å². The Morgan fingerprint density at radius 1 is 0.455 bits per heavy atom. The van der Waals surface area contributed by atoms with Gasteiger partial charge in [-0.3, -0.25) is 24.8 Å². The van der Waals surface area contributed by atoms with Gasteiger partial charge in [-0.25, -0.2) is 0 Å². The lowest BCUT2D eigenvalue weighted by molar-refractivity contribution is 0.203. The molecule has 33 heavy (non-hydrogen) atoms. The third-order valence-corrected chi connectivity index (χ3v) is 5.53. The number of rotatable bonds is 12. The molecule has 0 aliphatic rings. The third-order valence-electron chi connectivity index (χ3n) is 5.53. The highest BCUT2D eigenvalue weighted by molar-refractivity contribution is 5.15. The molecule has 0 atom stereocenters. The summed E-state index contributed by atoms with van der Waals surface area (Å²) in [7, 11) is 0. The van der Waals surface area contributed by atoms with Gasteiger partial charge >= 0.3 is 0 Å². The number of aromatic nitrogens is 3.